The molecule has 0 aliphatic carbocycles. The van der Waals surface area contributed by atoms with E-state index in [0.717, 1.165) is 49.1 Å². The maximum atomic E-state index is 11.9. The molecule has 1 atom stereocenters. The number of hydrogen-bond acceptors (Lipinski definition) is 6. The summed E-state index contributed by atoms with van der Waals surface area (Å²) in [7, 11) is 5.07. The van der Waals surface area contributed by atoms with E-state index in [-0.39, 0.29) is 5.91 Å². The number of ether oxygens (including phenoxy) is 2. The van der Waals surface area contributed by atoms with Crippen LogP contribution in [0.3, 0.4) is 0 Å². The van der Waals surface area contributed by atoms with Crippen LogP contribution in [0, 0.1) is 0 Å². The van der Waals surface area contributed by atoms with E-state index in [2.05, 4.69) is 25.8 Å². The van der Waals surface area contributed by atoms with Gasteiger partial charge in [-0.2, -0.15) is 0 Å². The van der Waals surface area contributed by atoms with Crippen LogP contribution in [0.2, 0.25) is 0 Å². The molecule has 0 spiro atoms. The molecule has 168 valence electrons. The smallest absolute Gasteiger partial charge is 0.287 e. The number of hydrogen-bond donors (Lipinski definition) is 3. The number of guanidine groups is 1. The van der Waals surface area contributed by atoms with Gasteiger partial charge in [0.25, 0.3) is 5.91 Å². The molecule has 0 saturated carbocycles. The van der Waals surface area contributed by atoms with Crippen LogP contribution >= 0.6 is 0 Å². The maximum Gasteiger partial charge on any atom is 0.287 e. The fourth-order valence-corrected chi connectivity index (χ4v) is 3.55. The van der Waals surface area contributed by atoms with Crippen LogP contribution in [0.5, 0.6) is 11.5 Å². The van der Waals surface area contributed by atoms with Crippen molar-refractivity contribution >= 4 is 11.9 Å². The zero-order valence-corrected chi connectivity index (χ0v) is 18.3. The van der Waals surface area contributed by atoms with Gasteiger partial charge in [-0.3, -0.25) is 14.7 Å². The van der Waals surface area contributed by atoms with Crippen LogP contribution in [0.15, 0.2) is 46.0 Å². The maximum absolute atomic E-state index is 11.9. The van der Waals surface area contributed by atoms with Gasteiger partial charge in [0.1, 0.15) is 11.5 Å². The Morgan fingerprint density at radius 2 is 1.94 bits per heavy atom. The Bertz CT molecular complexity index is 847. The molecule has 1 saturated heterocycles. The summed E-state index contributed by atoms with van der Waals surface area (Å²) >= 11 is 0. The highest BCUT2D eigenvalue weighted by molar-refractivity contribution is 5.91. The molecule has 3 rings (SSSR count). The largest absolute Gasteiger partial charge is 0.497 e. The summed E-state index contributed by atoms with van der Waals surface area (Å²) in [5.41, 5.74) is 1.16. The standard InChI is InChI=1S/C22H31N5O4/c1-23-22(25-8-7-24-21(28)20-5-4-10-31-20)26-17-6-9-27(15-17)14-16-11-18(29-2)13-19(12-16)30-3/h4-5,10-13,17H,6-9,14-15H2,1-3H3,(H,24,28)(H2,23,25,26). The normalized spacial score (nSPS) is 16.7. The van der Waals surface area contributed by atoms with E-state index in [1.165, 1.54) is 6.26 Å². The van der Waals surface area contributed by atoms with Crippen molar-refractivity contribution in [1.29, 1.82) is 0 Å². The molecular weight excluding hydrogens is 398 g/mol. The molecule has 1 fully saturated rings. The third-order valence-corrected chi connectivity index (χ3v) is 5.10. The van der Waals surface area contributed by atoms with Crippen molar-refractivity contribution < 1.29 is 18.7 Å². The molecule has 0 bridgehead atoms. The molecular formula is C22H31N5O4. The topological polar surface area (TPSA) is 100 Å². The van der Waals surface area contributed by atoms with Crippen molar-refractivity contribution in [1.82, 2.24) is 20.9 Å². The molecule has 1 aliphatic rings. The van der Waals surface area contributed by atoms with Crippen LogP contribution in [0.1, 0.15) is 22.5 Å². The number of aliphatic imine (C=N–C) groups is 1. The second-order valence-electron chi connectivity index (χ2n) is 7.32. The molecule has 9 nitrogen and oxygen atoms in total. The minimum atomic E-state index is -0.227. The fourth-order valence-electron chi connectivity index (χ4n) is 3.55. The number of furan rings is 1. The lowest BCUT2D eigenvalue weighted by molar-refractivity contribution is 0.0926. The molecule has 0 radical (unpaired) electrons. The number of carbonyl (C=O) groups excluding carboxylic acids is 1. The zero-order valence-electron chi connectivity index (χ0n) is 18.3. The number of carbonyl (C=O) groups is 1. The van der Waals surface area contributed by atoms with E-state index < -0.39 is 0 Å². The quantitative estimate of drug-likeness (QED) is 0.315. The average Bonchev–Trinajstić information content (AvgIpc) is 3.47. The molecule has 2 heterocycles. The molecule has 1 amide bonds. The Balaban J connectivity index is 1.40. The minimum Gasteiger partial charge on any atom is -0.497 e. The van der Waals surface area contributed by atoms with E-state index >= 15 is 0 Å². The molecule has 31 heavy (non-hydrogen) atoms. The molecule has 1 unspecified atom stereocenters. The Labute approximate surface area is 182 Å². The first-order valence-electron chi connectivity index (χ1n) is 10.3. The predicted octanol–water partition coefficient (Wildman–Crippen LogP) is 1.47. The van der Waals surface area contributed by atoms with Gasteiger partial charge >= 0.3 is 0 Å². The molecule has 2 aromatic rings. The number of methoxy groups -OCH3 is 2. The van der Waals surface area contributed by atoms with Crippen LogP contribution < -0.4 is 25.4 Å². The molecule has 1 aliphatic heterocycles. The van der Waals surface area contributed by atoms with Crippen molar-refractivity contribution in [2.75, 3.05) is 47.4 Å². The molecule has 1 aromatic heterocycles. The van der Waals surface area contributed by atoms with Gasteiger partial charge in [0.05, 0.1) is 20.5 Å². The first-order valence-corrected chi connectivity index (χ1v) is 10.3. The average molecular weight is 430 g/mol. The Morgan fingerprint density at radius 1 is 1.19 bits per heavy atom. The van der Waals surface area contributed by atoms with Crippen molar-refractivity contribution in [2.45, 2.75) is 19.0 Å². The van der Waals surface area contributed by atoms with Gasteiger partial charge < -0.3 is 29.8 Å². The van der Waals surface area contributed by atoms with Crippen molar-refractivity contribution in [3.63, 3.8) is 0 Å². The summed E-state index contributed by atoms with van der Waals surface area (Å²) < 4.78 is 15.8. The lowest BCUT2D eigenvalue weighted by atomic mass is 10.2. The summed E-state index contributed by atoms with van der Waals surface area (Å²) in [4.78, 5) is 18.5. The highest BCUT2D eigenvalue weighted by Gasteiger charge is 2.23. The summed E-state index contributed by atoms with van der Waals surface area (Å²) in [6.07, 6.45) is 2.51. The van der Waals surface area contributed by atoms with Gasteiger partial charge in [0, 0.05) is 51.9 Å². The van der Waals surface area contributed by atoms with E-state index in [9.17, 15) is 4.79 Å². The monoisotopic (exact) mass is 429 g/mol. The predicted molar refractivity (Wildman–Crippen MR) is 119 cm³/mol. The Morgan fingerprint density at radius 3 is 2.58 bits per heavy atom. The Kier molecular flexibility index (Phi) is 8.17. The number of nitrogens with one attached hydrogen (secondary N) is 3. The SMILES string of the molecule is CN=C(NCCNC(=O)c1ccco1)NC1CCN(Cc2cc(OC)cc(OC)c2)C1. The zero-order chi connectivity index (χ0) is 22.1. The van der Waals surface area contributed by atoms with Crippen LogP contribution in [0.4, 0.5) is 0 Å². The molecule has 1 aromatic carbocycles. The summed E-state index contributed by atoms with van der Waals surface area (Å²) in [6, 6.07) is 9.59. The van der Waals surface area contributed by atoms with Gasteiger partial charge in [-0.05, 0) is 36.2 Å². The number of nitrogens with zero attached hydrogens (tertiary/aromatic N) is 2. The summed E-state index contributed by atoms with van der Waals surface area (Å²) in [5.74, 6) is 2.40. The second kappa shape index (κ2) is 11.3. The fraction of sp³-hybridized carbons (Fsp3) is 0.455. The van der Waals surface area contributed by atoms with Gasteiger partial charge in [-0.25, -0.2) is 0 Å². The lowest BCUT2D eigenvalue weighted by Crippen LogP contribution is -2.46. The Hall–Kier alpha value is -3.20. The van der Waals surface area contributed by atoms with E-state index in [1.807, 2.05) is 18.2 Å². The molecule has 3 N–H and O–H groups in total. The van der Waals surface area contributed by atoms with E-state index in [4.69, 9.17) is 13.9 Å². The minimum absolute atomic E-state index is 0.227. The summed E-state index contributed by atoms with van der Waals surface area (Å²) in [6.45, 7) is 3.76. The molecule has 9 heteroatoms. The third-order valence-electron chi connectivity index (χ3n) is 5.10. The number of rotatable bonds is 9. The lowest BCUT2D eigenvalue weighted by Gasteiger charge is -2.19. The highest BCUT2D eigenvalue weighted by atomic mass is 16.5. The highest BCUT2D eigenvalue weighted by Crippen LogP contribution is 2.24. The van der Waals surface area contributed by atoms with Crippen molar-refractivity contribution in [3.8, 4) is 11.5 Å². The first-order chi connectivity index (χ1) is 15.1. The van der Waals surface area contributed by atoms with Gasteiger partial charge in [0.15, 0.2) is 11.7 Å². The van der Waals surface area contributed by atoms with Gasteiger partial charge in [-0.1, -0.05) is 0 Å². The van der Waals surface area contributed by atoms with E-state index in [1.54, 1.807) is 33.4 Å². The van der Waals surface area contributed by atoms with E-state index in [0.29, 0.717) is 24.9 Å². The van der Waals surface area contributed by atoms with Gasteiger partial charge in [-0.15, -0.1) is 0 Å². The third kappa shape index (κ3) is 6.65. The van der Waals surface area contributed by atoms with Crippen LogP contribution in [0.25, 0.3) is 0 Å². The van der Waals surface area contributed by atoms with Crippen molar-refractivity contribution in [3.05, 3.63) is 47.9 Å². The number of benzene rings is 1. The van der Waals surface area contributed by atoms with Crippen LogP contribution in [-0.4, -0.2) is 70.3 Å². The van der Waals surface area contributed by atoms with Gasteiger partial charge in [0.2, 0.25) is 0 Å². The number of amides is 1. The van der Waals surface area contributed by atoms with Crippen molar-refractivity contribution in [2.24, 2.45) is 4.99 Å². The van der Waals surface area contributed by atoms with Crippen LogP contribution in [-0.2, 0) is 6.54 Å². The first kappa shape index (κ1) is 22.5. The summed E-state index contributed by atoms with van der Waals surface area (Å²) in [5, 5.41) is 9.50. The second-order valence-corrected chi connectivity index (χ2v) is 7.32. The number of likely N-dealkylation sites (tertiary alicyclic amines) is 1.